The van der Waals surface area contributed by atoms with Crippen LogP contribution in [0.1, 0.15) is 11.7 Å². The Labute approximate surface area is 117 Å². The van der Waals surface area contributed by atoms with Gasteiger partial charge in [-0.1, -0.05) is 23.7 Å². The summed E-state index contributed by atoms with van der Waals surface area (Å²) in [5, 5.41) is 13.2. The molecule has 4 N–H and O–H groups in total. The highest BCUT2D eigenvalue weighted by molar-refractivity contribution is 14.0. The van der Waals surface area contributed by atoms with E-state index in [0.29, 0.717) is 17.5 Å². The predicted octanol–water partition coefficient (Wildman–Crippen LogP) is 1.53. The molecule has 0 aromatic heterocycles. The topological polar surface area (TPSA) is 70.6 Å². The second kappa shape index (κ2) is 7.70. The molecule has 1 aromatic rings. The molecule has 0 amide bonds. The maximum Gasteiger partial charge on any atom is 0.188 e. The van der Waals surface area contributed by atoms with Gasteiger partial charge >= 0.3 is 0 Å². The number of nitrogens with one attached hydrogen (secondary N) is 1. The molecule has 6 heteroatoms. The van der Waals surface area contributed by atoms with Gasteiger partial charge in [0.2, 0.25) is 0 Å². The molecule has 0 saturated heterocycles. The summed E-state index contributed by atoms with van der Waals surface area (Å²) in [7, 11) is 1.58. The monoisotopic (exact) mass is 355 g/mol. The summed E-state index contributed by atoms with van der Waals surface area (Å²) < 4.78 is 0. The number of halogens is 2. The lowest BCUT2D eigenvalue weighted by molar-refractivity contribution is 0.181. The number of aliphatic hydroxyl groups is 1. The third-order valence-corrected chi connectivity index (χ3v) is 2.22. The number of benzene rings is 1. The fraction of sp³-hybridized carbons (Fsp3) is 0.300. The third kappa shape index (κ3) is 5.00. The summed E-state index contributed by atoms with van der Waals surface area (Å²) in [6.07, 6.45) is -0.623. The quantitative estimate of drug-likeness (QED) is 0.437. The summed E-state index contributed by atoms with van der Waals surface area (Å²) in [5.41, 5.74) is 6.22. The molecule has 16 heavy (non-hydrogen) atoms. The molecule has 0 bridgehead atoms. The second-order valence-electron chi connectivity index (χ2n) is 3.06. The van der Waals surface area contributed by atoms with Gasteiger partial charge in [0.25, 0.3) is 0 Å². The number of rotatable bonds is 3. The first-order valence-electron chi connectivity index (χ1n) is 4.53. The molecule has 1 atom stereocenters. The smallest absolute Gasteiger partial charge is 0.188 e. The molecule has 0 fully saturated rings. The molecule has 0 saturated carbocycles. The molecular weight excluding hydrogens is 340 g/mol. The van der Waals surface area contributed by atoms with Crippen molar-refractivity contribution < 1.29 is 5.11 Å². The van der Waals surface area contributed by atoms with Crippen LogP contribution in [0.5, 0.6) is 0 Å². The third-order valence-electron chi connectivity index (χ3n) is 1.97. The normalized spacial score (nSPS) is 12.8. The highest BCUT2D eigenvalue weighted by Crippen LogP contribution is 2.15. The first-order chi connectivity index (χ1) is 7.13. The van der Waals surface area contributed by atoms with Gasteiger partial charge in [0.15, 0.2) is 5.96 Å². The maximum absolute atomic E-state index is 9.74. The van der Waals surface area contributed by atoms with Crippen molar-refractivity contribution in [3.05, 3.63) is 34.9 Å². The first-order valence-corrected chi connectivity index (χ1v) is 4.91. The highest BCUT2D eigenvalue weighted by atomic mass is 127. The summed E-state index contributed by atoms with van der Waals surface area (Å²) in [6.45, 7) is 0.324. The maximum atomic E-state index is 9.74. The number of guanidine groups is 1. The summed E-state index contributed by atoms with van der Waals surface area (Å²) in [5.74, 6) is 0.308. The molecule has 0 radical (unpaired) electrons. The van der Waals surface area contributed by atoms with Crippen molar-refractivity contribution in [3.8, 4) is 0 Å². The van der Waals surface area contributed by atoms with Gasteiger partial charge in [0, 0.05) is 18.6 Å². The Bertz CT molecular complexity index is 342. The standard InChI is InChI=1S/C10H14ClN3O.HI/c1-13-10(12)14-6-9(15)7-2-4-8(11)5-3-7;/h2-5,9,15H,6H2,1H3,(H3,12,13,14);1H. The molecule has 4 nitrogen and oxygen atoms in total. The Kier molecular flexibility index (Phi) is 7.44. The molecule has 0 spiro atoms. The van der Waals surface area contributed by atoms with Crippen molar-refractivity contribution in [1.29, 1.82) is 0 Å². The number of nitrogens with two attached hydrogens (primary N) is 1. The van der Waals surface area contributed by atoms with Gasteiger partial charge in [-0.2, -0.15) is 0 Å². The van der Waals surface area contributed by atoms with E-state index in [1.165, 1.54) is 0 Å². The van der Waals surface area contributed by atoms with Crippen LogP contribution in [0.2, 0.25) is 5.02 Å². The Morgan fingerprint density at radius 2 is 2.06 bits per heavy atom. The van der Waals surface area contributed by atoms with Gasteiger partial charge in [0.1, 0.15) is 0 Å². The van der Waals surface area contributed by atoms with Crippen LogP contribution in [-0.4, -0.2) is 24.7 Å². The van der Waals surface area contributed by atoms with Crippen molar-refractivity contribution >= 4 is 41.5 Å². The molecule has 0 aliphatic carbocycles. The van der Waals surface area contributed by atoms with E-state index in [0.717, 1.165) is 5.56 Å². The minimum atomic E-state index is -0.623. The Morgan fingerprint density at radius 3 is 2.56 bits per heavy atom. The zero-order valence-corrected chi connectivity index (χ0v) is 11.9. The van der Waals surface area contributed by atoms with E-state index in [1.807, 2.05) is 0 Å². The zero-order chi connectivity index (χ0) is 11.3. The van der Waals surface area contributed by atoms with E-state index < -0.39 is 6.10 Å². The van der Waals surface area contributed by atoms with Gasteiger partial charge in [-0.25, -0.2) is 0 Å². The molecule has 0 aliphatic heterocycles. The fourth-order valence-corrected chi connectivity index (χ4v) is 1.21. The van der Waals surface area contributed by atoms with Gasteiger partial charge in [-0.3, -0.25) is 4.99 Å². The van der Waals surface area contributed by atoms with E-state index in [4.69, 9.17) is 17.3 Å². The van der Waals surface area contributed by atoms with Gasteiger partial charge in [-0.05, 0) is 17.7 Å². The van der Waals surface area contributed by atoms with Crippen LogP contribution in [0.15, 0.2) is 29.3 Å². The Hall–Kier alpha value is -0.530. The Balaban J connectivity index is 0.00000225. The van der Waals surface area contributed by atoms with Crippen LogP contribution >= 0.6 is 35.6 Å². The van der Waals surface area contributed by atoms with E-state index in [1.54, 1.807) is 31.3 Å². The second-order valence-corrected chi connectivity index (χ2v) is 3.49. The molecule has 1 rings (SSSR count). The zero-order valence-electron chi connectivity index (χ0n) is 8.85. The van der Waals surface area contributed by atoms with Crippen LogP contribution in [0, 0.1) is 0 Å². The number of nitrogens with zero attached hydrogens (tertiary/aromatic N) is 1. The van der Waals surface area contributed by atoms with E-state index in [-0.39, 0.29) is 24.0 Å². The van der Waals surface area contributed by atoms with Crippen molar-refractivity contribution in [3.63, 3.8) is 0 Å². The fourth-order valence-electron chi connectivity index (χ4n) is 1.08. The van der Waals surface area contributed by atoms with Crippen LogP contribution in [0.3, 0.4) is 0 Å². The van der Waals surface area contributed by atoms with E-state index in [2.05, 4.69) is 10.3 Å². The average Bonchev–Trinajstić information content (AvgIpc) is 2.26. The summed E-state index contributed by atoms with van der Waals surface area (Å²) >= 11 is 5.73. The number of hydrogen-bond donors (Lipinski definition) is 3. The molecule has 1 aromatic carbocycles. The number of hydrogen-bond acceptors (Lipinski definition) is 2. The van der Waals surface area contributed by atoms with Gasteiger partial charge < -0.3 is 16.2 Å². The van der Waals surface area contributed by atoms with Crippen molar-refractivity contribution in [2.24, 2.45) is 10.7 Å². The van der Waals surface area contributed by atoms with Crippen LogP contribution < -0.4 is 11.1 Å². The molecule has 0 heterocycles. The molecule has 1 unspecified atom stereocenters. The van der Waals surface area contributed by atoms with Crippen molar-refractivity contribution in [2.75, 3.05) is 13.6 Å². The molecule has 90 valence electrons. The van der Waals surface area contributed by atoms with Crippen molar-refractivity contribution in [2.45, 2.75) is 6.10 Å². The van der Waals surface area contributed by atoms with Crippen molar-refractivity contribution in [1.82, 2.24) is 5.32 Å². The minimum Gasteiger partial charge on any atom is -0.387 e. The van der Waals surface area contributed by atoms with Crippen LogP contribution in [0.4, 0.5) is 0 Å². The predicted molar refractivity (Wildman–Crippen MR) is 77.4 cm³/mol. The Morgan fingerprint density at radius 1 is 1.50 bits per heavy atom. The SMILES string of the molecule is CN=C(N)NCC(O)c1ccc(Cl)cc1.I. The van der Waals surface area contributed by atoms with E-state index in [9.17, 15) is 5.11 Å². The van der Waals surface area contributed by atoms with Gasteiger partial charge in [-0.15, -0.1) is 24.0 Å². The number of aliphatic imine (C=N–C) groups is 1. The van der Waals surface area contributed by atoms with Crippen LogP contribution in [-0.2, 0) is 0 Å². The molecule has 0 aliphatic rings. The van der Waals surface area contributed by atoms with E-state index >= 15 is 0 Å². The first kappa shape index (κ1) is 15.5. The lowest BCUT2D eigenvalue weighted by Crippen LogP contribution is -2.34. The highest BCUT2D eigenvalue weighted by Gasteiger charge is 2.06. The minimum absolute atomic E-state index is 0. The number of aliphatic hydroxyl groups excluding tert-OH is 1. The van der Waals surface area contributed by atoms with Gasteiger partial charge in [0.05, 0.1) is 6.10 Å². The lowest BCUT2D eigenvalue weighted by Gasteiger charge is -2.12. The summed E-state index contributed by atoms with van der Waals surface area (Å²) in [4.78, 5) is 3.72. The molecular formula is C10H15ClIN3O. The summed E-state index contributed by atoms with van der Waals surface area (Å²) in [6, 6.07) is 7.01. The largest absolute Gasteiger partial charge is 0.387 e. The lowest BCUT2D eigenvalue weighted by atomic mass is 10.1. The average molecular weight is 356 g/mol. The van der Waals surface area contributed by atoms with Crippen LogP contribution in [0.25, 0.3) is 0 Å².